The predicted octanol–water partition coefficient (Wildman–Crippen LogP) is 0.582. The van der Waals surface area contributed by atoms with Gasteiger partial charge in [0.05, 0.1) is 11.9 Å². The lowest BCUT2D eigenvalue weighted by Crippen LogP contribution is -2.30. The lowest BCUT2D eigenvalue weighted by molar-refractivity contribution is 0.0807. The van der Waals surface area contributed by atoms with Gasteiger partial charge in [-0.05, 0) is 18.8 Å². The highest BCUT2D eigenvalue weighted by atomic mass is 32.2. The van der Waals surface area contributed by atoms with Gasteiger partial charge in [0.15, 0.2) is 0 Å². The summed E-state index contributed by atoms with van der Waals surface area (Å²) in [7, 11) is -2.92. The third kappa shape index (κ3) is 3.11. The van der Waals surface area contributed by atoms with Gasteiger partial charge in [-0.3, -0.25) is 0 Å². The van der Waals surface area contributed by atoms with E-state index in [2.05, 4.69) is 0 Å². The molecular formula is C8H16O3S. The minimum Gasteiger partial charge on any atom is -0.393 e. The maximum atomic E-state index is 10.9. The molecule has 12 heavy (non-hydrogen) atoms. The summed E-state index contributed by atoms with van der Waals surface area (Å²) in [6.07, 6.45) is 4.54. The van der Waals surface area contributed by atoms with E-state index < -0.39 is 15.9 Å². The van der Waals surface area contributed by atoms with Gasteiger partial charge < -0.3 is 5.11 Å². The molecule has 3 nitrogen and oxygen atoms in total. The molecule has 0 aromatic carbocycles. The summed E-state index contributed by atoms with van der Waals surface area (Å²) in [5.74, 6) is 0.127. The first-order valence-corrected chi connectivity index (χ1v) is 6.41. The fourth-order valence-corrected chi connectivity index (χ4v) is 2.94. The van der Waals surface area contributed by atoms with Crippen molar-refractivity contribution in [2.45, 2.75) is 31.8 Å². The molecule has 1 rings (SSSR count). The van der Waals surface area contributed by atoms with Gasteiger partial charge in [0.1, 0.15) is 9.84 Å². The van der Waals surface area contributed by atoms with Crippen LogP contribution in [0.2, 0.25) is 0 Å². The number of aliphatic hydroxyl groups is 1. The van der Waals surface area contributed by atoms with E-state index in [0.717, 1.165) is 25.7 Å². The van der Waals surface area contributed by atoms with Crippen molar-refractivity contribution < 1.29 is 13.5 Å². The lowest BCUT2D eigenvalue weighted by atomic mass is 9.88. The predicted molar refractivity (Wildman–Crippen MR) is 47.7 cm³/mol. The molecule has 1 saturated carbocycles. The summed E-state index contributed by atoms with van der Waals surface area (Å²) >= 11 is 0. The standard InChI is InChI=1S/C8H16O3S/c1-12(10,11)6-7-4-2-3-5-8(7)9/h7-9H,2-6H2,1H3. The second-order valence-electron chi connectivity index (χ2n) is 3.70. The Bertz CT molecular complexity index is 233. The monoisotopic (exact) mass is 192 g/mol. The van der Waals surface area contributed by atoms with Crippen molar-refractivity contribution in [1.29, 1.82) is 0 Å². The molecule has 2 atom stereocenters. The fraction of sp³-hybridized carbons (Fsp3) is 1.00. The van der Waals surface area contributed by atoms with Crippen LogP contribution in [0.3, 0.4) is 0 Å². The van der Waals surface area contributed by atoms with Crippen LogP contribution in [-0.2, 0) is 9.84 Å². The summed E-state index contributed by atoms with van der Waals surface area (Å²) in [6.45, 7) is 0. The SMILES string of the molecule is CS(=O)(=O)CC1CCCCC1O. The third-order valence-corrected chi connectivity index (χ3v) is 3.42. The van der Waals surface area contributed by atoms with E-state index in [9.17, 15) is 13.5 Å². The second kappa shape index (κ2) is 3.75. The van der Waals surface area contributed by atoms with E-state index >= 15 is 0 Å². The molecule has 0 spiro atoms. The maximum Gasteiger partial charge on any atom is 0.147 e. The van der Waals surface area contributed by atoms with Crippen LogP contribution in [0.25, 0.3) is 0 Å². The quantitative estimate of drug-likeness (QED) is 0.696. The van der Waals surface area contributed by atoms with Gasteiger partial charge in [0, 0.05) is 6.26 Å². The molecule has 0 amide bonds. The molecule has 0 bridgehead atoms. The minimum absolute atomic E-state index is 0.0197. The van der Waals surface area contributed by atoms with Crippen LogP contribution < -0.4 is 0 Å². The summed E-state index contributed by atoms with van der Waals surface area (Å²) in [4.78, 5) is 0. The molecule has 4 heteroatoms. The fourth-order valence-electron chi connectivity index (χ4n) is 1.77. The number of rotatable bonds is 2. The number of aliphatic hydroxyl groups excluding tert-OH is 1. The van der Waals surface area contributed by atoms with Gasteiger partial charge in [-0.2, -0.15) is 0 Å². The first-order chi connectivity index (χ1) is 5.49. The van der Waals surface area contributed by atoms with Crippen LogP contribution >= 0.6 is 0 Å². The Morgan fingerprint density at radius 2 is 1.92 bits per heavy atom. The van der Waals surface area contributed by atoms with Gasteiger partial charge in [0.2, 0.25) is 0 Å². The summed E-state index contributed by atoms with van der Waals surface area (Å²) < 4.78 is 21.9. The Hall–Kier alpha value is -0.0900. The average Bonchev–Trinajstić information content (AvgIpc) is 1.91. The van der Waals surface area contributed by atoms with Crippen LogP contribution in [-0.4, -0.2) is 31.6 Å². The largest absolute Gasteiger partial charge is 0.393 e. The van der Waals surface area contributed by atoms with Crippen molar-refractivity contribution in [3.63, 3.8) is 0 Å². The van der Waals surface area contributed by atoms with Gasteiger partial charge in [-0.1, -0.05) is 12.8 Å². The summed E-state index contributed by atoms with van der Waals surface area (Å²) in [5, 5.41) is 9.47. The number of sulfone groups is 1. The second-order valence-corrected chi connectivity index (χ2v) is 5.89. The van der Waals surface area contributed by atoms with Crippen LogP contribution in [0.4, 0.5) is 0 Å². The van der Waals surface area contributed by atoms with E-state index in [4.69, 9.17) is 0 Å². The van der Waals surface area contributed by atoms with Crippen LogP contribution in [0.15, 0.2) is 0 Å². The van der Waals surface area contributed by atoms with Gasteiger partial charge in [0.25, 0.3) is 0 Å². The molecule has 1 aliphatic rings. The minimum atomic E-state index is -2.92. The van der Waals surface area contributed by atoms with E-state index in [1.807, 2.05) is 0 Å². The van der Waals surface area contributed by atoms with Crippen molar-refractivity contribution in [2.75, 3.05) is 12.0 Å². The van der Waals surface area contributed by atoms with E-state index in [1.54, 1.807) is 0 Å². The Morgan fingerprint density at radius 3 is 2.42 bits per heavy atom. The molecule has 72 valence electrons. The van der Waals surface area contributed by atoms with Crippen molar-refractivity contribution in [3.8, 4) is 0 Å². The molecule has 1 fully saturated rings. The molecule has 0 aromatic rings. The van der Waals surface area contributed by atoms with Crippen molar-refractivity contribution in [1.82, 2.24) is 0 Å². The Morgan fingerprint density at radius 1 is 1.33 bits per heavy atom. The lowest BCUT2D eigenvalue weighted by Gasteiger charge is -2.26. The van der Waals surface area contributed by atoms with E-state index in [0.29, 0.717) is 0 Å². The molecule has 1 N–H and O–H groups in total. The molecule has 1 aliphatic carbocycles. The Balaban J connectivity index is 2.50. The molecule has 0 radical (unpaired) electrons. The summed E-state index contributed by atoms with van der Waals surface area (Å²) in [6, 6.07) is 0. The molecule has 0 aliphatic heterocycles. The number of hydrogen-bond acceptors (Lipinski definition) is 3. The molecule has 2 unspecified atom stereocenters. The molecule has 0 aromatic heterocycles. The zero-order chi connectivity index (χ0) is 9.19. The number of hydrogen-bond donors (Lipinski definition) is 1. The van der Waals surface area contributed by atoms with Crippen molar-refractivity contribution >= 4 is 9.84 Å². The van der Waals surface area contributed by atoms with Crippen LogP contribution in [0.5, 0.6) is 0 Å². The Kier molecular flexibility index (Phi) is 3.12. The first kappa shape index (κ1) is 9.99. The molecular weight excluding hydrogens is 176 g/mol. The highest BCUT2D eigenvalue weighted by Crippen LogP contribution is 2.25. The van der Waals surface area contributed by atoms with Crippen LogP contribution in [0.1, 0.15) is 25.7 Å². The topological polar surface area (TPSA) is 54.4 Å². The summed E-state index contributed by atoms with van der Waals surface area (Å²) in [5.41, 5.74) is 0. The molecule has 0 heterocycles. The average molecular weight is 192 g/mol. The van der Waals surface area contributed by atoms with Crippen LogP contribution in [0, 0.1) is 5.92 Å². The van der Waals surface area contributed by atoms with E-state index in [-0.39, 0.29) is 11.7 Å². The highest BCUT2D eigenvalue weighted by Gasteiger charge is 2.25. The smallest absolute Gasteiger partial charge is 0.147 e. The Labute approximate surface area is 73.7 Å². The highest BCUT2D eigenvalue weighted by molar-refractivity contribution is 7.90. The first-order valence-electron chi connectivity index (χ1n) is 4.35. The maximum absolute atomic E-state index is 10.9. The molecule has 0 saturated heterocycles. The van der Waals surface area contributed by atoms with Gasteiger partial charge >= 0.3 is 0 Å². The normalized spacial score (nSPS) is 31.8. The van der Waals surface area contributed by atoms with Gasteiger partial charge in [-0.15, -0.1) is 0 Å². The zero-order valence-electron chi connectivity index (χ0n) is 7.36. The van der Waals surface area contributed by atoms with E-state index in [1.165, 1.54) is 6.26 Å². The zero-order valence-corrected chi connectivity index (χ0v) is 8.18. The van der Waals surface area contributed by atoms with Gasteiger partial charge in [-0.25, -0.2) is 8.42 Å². The van der Waals surface area contributed by atoms with Crippen molar-refractivity contribution in [3.05, 3.63) is 0 Å². The van der Waals surface area contributed by atoms with Crippen molar-refractivity contribution in [2.24, 2.45) is 5.92 Å². The third-order valence-electron chi connectivity index (χ3n) is 2.39.